The molecule has 0 N–H and O–H groups in total. The van der Waals surface area contributed by atoms with Gasteiger partial charge >= 0.3 is 5.97 Å². The third-order valence-corrected chi connectivity index (χ3v) is 2.34. The normalized spacial score (nSPS) is 12.8. The van der Waals surface area contributed by atoms with Crippen molar-refractivity contribution in [2.45, 2.75) is 13.8 Å². The van der Waals surface area contributed by atoms with E-state index in [-0.39, 0.29) is 5.97 Å². The number of carbonyl (C=O) groups is 1. The van der Waals surface area contributed by atoms with Gasteiger partial charge in [0.1, 0.15) is 0 Å². The van der Waals surface area contributed by atoms with Crippen LogP contribution in [0.15, 0.2) is 12.3 Å². The lowest BCUT2D eigenvalue weighted by atomic mass is 10.2. The summed E-state index contributed by atoms with van der Waals surface area (Å²) in [6.07, 6.45) is 2.65. The van der Waals surface area contributed by atoms with Gasteiger partial charge in [0.2, 0.25) is 0 Å². The Morgan fingerprint density at radius 3 is 2.85 bits per heavy atom. The number of halogens is 1. The van der Waals surface area contributed by atoms with Gasteiger partial charge in [0.05, 0.1) is 25.6 Å². The largest absolute Gasteiger partial charge is 0.501 e. The molecule has 13 heavy (non-hydrogen) atoms. The molecule has 3 nitrogen and oxygen atoms in total. The summed E-state index contributed by atoms with van der Waals surface area (Å²) in [5.41, 5.74) is 0. The maximum Gasteiger partial charge on any atom is 0.333 e. The lowest BCUT2D eigenvalue weighted by Gasteiger charge is -2.05. The number of rotatable bonds is 6. The van der Waals surface area contributed by atoms with Crippen LogP contribution < -0.4 is 0 Å². The van der Waals surface area contributed by atoms with Crippen molar-refractivity contribution in [3.8, 4) is 0 Å². The summed E-state index contributed by atoms with van der Waals surface area (Å²) in [6.45, 7) is 4.80. The Kier molecular flexibility index (Phi) is 7.79. The molecule has 0 heterocycles. The zero-order chi connectivity index (χ0) is 10.1. The Labute approximate surface area is 87.2 Å². The van der Waals surface area contributed by atoms with Gasteiger partial charge in [-0.25, -0.2) is 4.79 Å². The summed E-state index contributed by atoms with van der Waals surface area (Å²) >= 11 is 3.32. The zero-order valence-corrected chi connectivity index (χ0v) is 9.54. The van der Waals surface area contributed by atoms with Crippen molar-refractivity contribution in [3.05, 3.63) is 12.3 Å². The number of alkyl halides is 1. The Hall–Kier alpha value is -0.510. The van der Waals surface area contributed by atoms with Crippen molar-refractivity contribution in [1.29, 1.82) is 0 Å². The maximum absolute atomic E-state index is 10.8. The average Bonchev–Trinajstić information content (AvgIpc) is 2.12. The number of hydrogen-bond acceptors (Lipinski definition) is 3. The minimum Gasteiger partial charge on any atom is -0.501 e. The van der Waals surface area contributed by atoms with Gasteiger partial charge in [0.25, 0.3) is 0 Å². The Morgan fingerprint density at radius 2 is 2.31 bits per heavy atom. The van der Waals surface area contributed by atoms with Crippen LogP contribution in [0.1, 0.15) is 13.8 Å². The second kappa shape index (κ2) is 8.10. The van der Waals surface area contributed by atoms with Gasteiger partial charge in [0.15, 0.2) is 0 Å². The molecule has 0 rings (SSSR count). The first kappa shape index (κ1) is 12.5. The molecule has 0 aromatic rings. The summed E-state index contributed by atoms with van der Waals surface area (Å²) in [5, 5.41) is 0.889. The highest BCUT2D eigenvalue weighted by Crippen LogP contribution is 2.00. The standard InChI is InChI=1S/C9H15BrO3/c1-3-13-9(11)4-5-12-7-8(2)6-10/h4-5,8H,3,6-7H2,1-2H3/b5-4+/t8-/m0/s1. The van der Waals surface area contributed by atoms with Gasteiger partial charge < -0.3 is 9.47 Å². The van der Waals surface area contributed by atoms with Crippen molar-refractivity contribution in [1.82, 2.24) is 0 Å². The molecule has 0 aliphatic heterocycles. The van der Waals surface area contributed by atoms with E-state index >= 15 is 0 Å². The SMILES string of the molecule is CCOC(=O)/C=C/OC[C@@H](C)CBr. The van der Waals surface area contributed by atoms with Crippen LogP contribution in [0.25, 0.3) is 0 Å². The van der Waals surface area contributed by atoms with Crippen molar-refractivity contribution in [2.75, 3.05) is 18.5 Å². The monoisotopic (exact) mass is 250 g/mol. The van der Waals surface area contributed by atoms with Gasteiger partial charge in [-0.05, 0) is 12.8 Å². The smallest absolute Gasteiger partial charge is 0.333 e. The average molecular weight is 251 g/mol. The quantitative estimate of drug-likeness (QED) is 0.314. The predicted octanol–water partition coefficient (Wildman–Crippen LogP) is 2.11. The Bertz CT molecular complexity index is 168. The lowest BCUT2D eigenvalue weighted by Crippen LogP contribution is -2.04. The van der Waals surface area contributed by atoms with E-state index in [1.165, 1.54) is 12.3 Å². The first-order chi connectivity index (χ1) is 6.20. The molecule has 0 aromatic carbocycles. The molecule has 0 radical (unpaired) electrons. The second-order valence-corrected chi connectivity index (χ2v) is 3.30. The molecule has 0 unspecified atom stereocenters. The predicted molar refractivity (Wildman–Crippen MR) is 54.7 cm³/mol. The van der Waals surface area contributed by atoms with Crippen molar-refractivity contribution < 1.29 is 14.3 Å². The highest BCUT2D eigenvalue weighted by molar-refractivity contribution is 9.09. The van der Waals surface area contributed by atoms with E-state index in [1.54, 1.807) is 6.92 Å². The van der Waals surface area contributed by atoms with Gasteiger partial charge in [0, 0.05) is 5.33 Å². The molecule has 0 saturated heterocycles. The molecule has 0 bridgehead atoms. The van der Waals surface area contributed by atoms with Crippen LogP contribution in [0.3, 0.4) is 0 Å². The summed E-state index contributed by atoms with van der Waals surface area (Å²) in [6, 6.07) is 0. The Morgan fingerprint density at radius 1 is 1.62 bits per heavy atom. The highest BCUT2D eigenvalue weighted by atomic mass is 79.9. The summed E-state index contributed by atoms with van der Waals surface area (Å²) < 4.78 is 9.75. The number of esters is 1. The van der Waals surface area contributed by atoms with Crippen molar-refractivity contribution in [2.24, 2.45) is 5.92 Å². The van der Waals surface area contributed by atoms with E-state index < -0.39 is 0 Å². The third-order valence-electron chi connectivity index (χ3n) is 1.23. The molecule has 0 aromatic heterocycles. The molecule has 0 saturated carbocycles. The fraction of sp³-hybridized carbons (Fsp3) is 0.667. The fourth-order valence-electron chi connectivity index (χ4n) is 0.558. The first-order valence-corrected chi connectivity index (χ1v) is 5.33. The number of carbonyl (C=O) groups excluding carboxylic acids is 1. The molecule has 76 valence electrons. The minimum atomic E-state index is -0.367. The van der Waals surface area contributed by atoms with Crippen LogP contribution in [0, 0.1) is 5.92 Å². The van der Waals surface area contributed by atoms with E-state index in [4.69, 9.17) is 4.74 Å². The van der Waals surface area contributed by atoms with Gasteiger partial charge in [-0.1, -0.05) is 22.9 Å². The zero-order valence-electron chi connectivity index (χ0n) is 7.96. The maximum atomic E-state index is 10.8. The first-order valence-electron chi connectivity index (χ1n) is 4.21. The molecule has 0 spiro atoms. The molecular formula is C9H15BrO3. The molecule has 1 atom stereocenters. The highest BCUT2D eigenvalue weighted by Gasteiger charge is 1.98. The van der Waals surface area contributed by atoms with Gasteiger partial charge in [-0.2, -0.15) is 0 Å². The van der Waals surface area contributed by atoms with Crippen LogP contribution in [0.4, 0.5) is 0 Å². The molecule has 0 amide bonds. The van der Waals surface area contributed by atoms with Crippen LogP contribution >= 0.6 is 15.9 Å². The topological polar surface area (TPSA) is 35.5 Å². The number of ether oxygens (including phenoxy) is 2. The number of hydrogen-bond donors (Lipinski definition) is 0. The fourth-order valence-corrected chi connectivity index (χ4v) is 0.745. The summed E-state index contributed by atoms with van der Waals surface area (Å²) in [4.78, 5) is 10.8. The van der Waals surface area contributed by atoms with Gasteiger partial charge in [-0.3, -0.25) is 0 Å². The third kappa shape index (κ3) is 7.84. The van der Waals surface area contributed by atoms with E-state index in [1.807, 2.05) is 6.92 Å². The van der Waals surface area contributed by atoms with Crippen LogP contribution in [0.5, 0.6) is 0 Å². The molecule has 0 fully saturated rings. The van der Waals surface area contributed by atoms with Gasteiger partial charge in [-0.15, -0.1) is 0 Å². The van der Waals surface area contributed by atoms with E-state index in [0.717, 1.165) is 5.33 Å². The van der Waals surface area contributed by atoms with E-state index in [0.29, 0.717) is 19.1 Å². The lowest BCUT2D eigenvalue weighted by molar-refractivity contribution is -0.137. The summed E-state index contributed by atoms with van der Waals surface area (Å²) in [7, 11) is 0. The van der Waals surface area contributed by atoms with Crippen LogP contribution in [-0.2, 0) is 14.3 Å². The van der Waals surface area contributed by atoms with Crippen molar-refractivity contribution >= 4 is 21.9 Å². The summed E-state index contributed by atoms with van der Waals surface area (Å²) in [5.74, 6) is 0.0702. The van der Waals surface area contributed by atoms with Crippen LogP contribution in [-0.4, -0.2) is 24.5 Å². The molecule has 0 aliphatic rings. The van der Waals surface area contributed by atoms with E-state index in [2.05, 4.69) is 20.7 Å². The minimum absolute atomic E-state index is 0.367. The van der Waals surface area contributed by atoms with Crippen LogP contribution in [0.2, 0.25) is 0 Å². The van der Waals surface area contributed by atoms with E-state index in [9.17, 15) is 4.79 Å². The second-order valence-electron chi connectivity index (χ2n) is 2.65. The molecule has 0 aliphatic carbocycles. The molecule has 4 heteroatoms. The molecular weight excluding hydrogens is 236 g/mol. The Balaban J connectivity index is 3.46. The van der Waals surface area contributed by atoms with Crippen molar-refractivity contribution in [3.63, 3.8) is 0 Å².